The SMILES string of the molecule is CCOc1ccc(C(=O)NCC(=O)N(C)Cc2c(CC)oc3ccccc23)cc1. The van der Waals surface area contributed by atoms with Crippen molar-refractivity contribution in [1.82, 2.24) is 10.2 Å². The third-order valence-electron chi connectivity index (χ3n) is 4.75. The molecule has 3 aromatic rings. The van der Waals surface area contributed by atoms with Gasteiger partial charge in [-0.3, -0.25) is 9.59 Å². The van der Waals surface area contributed by atoms with Crippen LogP contribution in [0.3, 0.4) is 0 Å². The van der Waals surface area contributed by atoms with E-state index in [2.05, 4.69) is 5.32 Å². The van der Waals surface area contributed by atoms with Gasteiger partial charge in [0.15, 0.2) is 0 Å². The van der Waals surface area contributed by atoms with Crippen molar-refractivity contribution in [2.45, 2.75) is 26.8 Å². The van der Waals surface area contributed by atoms with Crippen LogP contribution in [0.15, 0.2) is 52.9 Å². The van der Waals surface area contributed by atoms with E-state index in [9.17, 15) is 9.59 Å². The van der Waals surface area contributed by atoms with Gasteiger partial charge < -0.3 is 19.4 Å². The molecule has 0 radical (unpaired) electrons. The third-order valence-corrected chi connectivity index (χ3v) is 4.75. The van der Waals surface area contributed by atoms with E-state index in [0.29, 0.717) is 24.5 Å². The van der Waals surface area contributed by atoms with E-state index in [1.165, 1.54) is 0 Å². The molecule has 0 aliphatic rings. The summed E-state index contributed by atoms with van der Waals surface area (Å²) in [6.07, 6.45) is 0.751. The molecule has 0 unspecified atom stereocenters. The molecule has 2 amide bonds. The number of benzene rings is 2. The van der Waals surface area contributed by atoms with Crippen molar-refractivity contribution in [3.05, 3.63) is 65.4 Å². The molecule has 152 valence electrons. The van der Waals surface area contributed by atoms with Gasteiger partial charge in [0, 0.05) is 36.5 Å². The number of nitrogens with one attached hydrogen (secondary N) is 1. The summed E-state index contributed by atoms with van der Waals surface area (Å²) in [4.78, 5) is 26.4. The maximum Gasteiger partial charge on any atom is 0.251 e. The molecule has 0 aliphatic heterocycles. The Labute approximate surface area is 170 Å². The van der Waals surface area contributed by atoms with Gasteiger partial charge in [-0.1, -0.05) is 25.1 Å². The van der Waals surface area contributed by atoms with Crippen molar-refractivity contribution in [2.75, 3.05) is 20.2 Å². The maximum absolute atomic E-state index is 12.5. The number of hydrogen-bond donors (Lipinski definition) is 1. The summed E-state index contributed by atoms with van der Waals surface area (Å²) in [6, 6.07) is 14.7. The summed E-state index contributed by atoms with van der Waals surface area (Å²) in [5.41, 5.74) is 2.32. The van der Waals surface area contributed by atoms with Crippen molar-refractivity contribution in [3.8, 4) is 5.75 Å². The first-order valence-electron chi connectivity index (χ1n) is 9.77. The second kappa shape index (κ2) is 9.28. The molecule has 1 N–H and O–H groups in total. The Morgan fingerprint density at radius 2 is 1.79 bits per heavy atom. The highest BCUT2D eigenvalue weighted by Gasteiger charge is 2.18. The number of fused-ring (bicyclic) bond motifs is 1. The molecule has 0 bridgehead atoms. The molecule has 0 fully saturated rings. The van der Waals surface area contributed by atoms with Crippen LogP contribution in [-0.2, 0) is 17.8 Å². The Kier molecular flexibility index (Phi) is 6.54. The zero-order chi connectivity index (χ0) is 20.8. The lowest BCUT2D eigenvalue weighted by atomic mass is 10.1. The van der Waals surface area contributed by atoms with E-state index in [0.717, 1.165) is 28.7 Å². The van der Waals surface area contributed by atoms with E-state index >= 15 is 0 Å². The second-order valence-corrected chi connectivity index (χ2v) is 6.74. The third kappa shape index (κ3) is 4.77. The summed E-state index contributed by atoms with van der Waals surface area (Å²) in [5, 5.41) is 3.70. The number of aryl methyl sites for hydroxylation is 1. The van der Waals surface area contributed by atoms with Gasteiger partial charge in [-0.25, -0.2) is 0 Å². The molecule has 0 atom stereocenters. The summed E-state index contributed by atoms with van der Waals surface area (Å²) in [6.45, 7) is 4.86. The molecule has 0 saturated carbocycles. The Bertz CT molecular complexity index is 992. The first kappa shape index (κ1) is 20.5. The summed E-state index contributed by atoms with van der Waals surface area (Å²) in [5.74, 6) is 1.12. The van der Waals surface area contributed by atoms with Crippen molar-refractivity contribution in [2.24, 2.45) is 0 Å². The standard InChI is InChI=1S/C23H26N2O4/c1-4-20-19(18-8-6-7-9-21(18)29-20)15-25(3)22(26)14-24-23(27)16-10-12-17(13-11-16)28-5-2/h6-13H,4-5,14-15H2,1-3H3,(H,24,27). The van der Waals surface area contributed by atoms with Crippen molar-refractivity contribution < 1.29 is 18.7 Å². The predicted octanol–water partition coefficient (Wildman–Crippen LogP) is 3.78. The number of rotatable bonds is 8. The molecule has 6 nitrogen and oxygen atoms in total. The number of ether oxygens (including phenoxy) is 1. The molecular weight excluding hydrogens is 368 g/mol. The smallest absolute Gasteiger partial charge is 0.251 e. The number of carbonyl (C=O) groups excluding carboxylic acids is 2. The highest BCUT2D eigenvalue weighted by Crippen LogP contribution is 2.27. The minimum Gasteiger partial charge on any atom is -0.494 e. The van der Waals surface area contributed by atoms with Gasteiger partial charge >= 0.3 is 0 Å². The molecule has 0 spiro atoms. The topological polar surface area (TPSA) is 71.8 Å². The number of hydrogen-bond acceptors (Lipinski definition) is 4. The van der Waals surface area contributed by atoms with Gasteiger partial charge in [-0.05, 0) is 37.3 Å². The van der Waals surface area contributed by atoms with Crippen molar-refractivity contribution in [3.63, 3.8) is 0 Å². The molecular formula is C23H26N2O4. The number of amides is 2. The van der Waals surface area contributed by atoms with E-state index < -0.39 is 0 Å². The number of para-hydroxylation sites is 1. The highest BCUT2D eigenvalue weighted by atomic mass is 16.5. The number of furan rings is 1. The van der Waals surface area contributed by atoms with Crippen LogP contribution >= 0.6 is 0 Å². The van der Waals surface area contributed by atoms with Crippen LogP contribution in [0, 0.1) is 0 Å². The summed E-state index contributed by atoms with van der Waals surface area (Å²) >= 11 is 0. The molecule has 0 saturated heterocycles. The summed E-state index contributed by atoms with van der Waals surface area (Å²) < 4.78 is 11.3. The van der Waals surface area contributed by atoms with Crippen molar-refractivity contribution >= 4 is 22.8 Å². The molecule has 6 heteroatoms. The van der Waals surface area contributed by atoms with Crippen LogP contribution in [0.5, 0.6) is 5.75 Å². The highest BCUT2D eigenvalue weighted by molar-refractivity contribution is 5.96. The average molecular weight is 394 g/mol. The number of carbonyl (C=O) groups is 2. The van der Waals surface area contributed by atoms with Gasteiger partial charge in [0.2, 0.25) is 5.91 Å². The van der Waals surface area contributed by atoms with Crippen LogP contribution in [0.2, 0.25) is 0 Å². The summed E-state index contributed by atoms with van der Waals surface area (Å²) in [7, 11) is 1.73. The Morgan fingerprint density at radius 1 is 1.07 bits per heavy atom. The Morgan fingerprint density at radius 3 is 2.48 bits per heavy atom. The minimum atomic E-state index is -0.294. The fraction of sp³-hybridized carbons (Fsp3) is 0.304. The zero-order valence-electron chi connectivity index (χ0n) is 17.0. The van der Waals surface area contributed by atoms with Crippen LogP contribution in [0.4, 0.5) is 0 Å². The normalized spacial score (nSPS) is 10.7. The molecule has 0 aliphatic carbocycles. The Hall–Kier alpha value is -3.28. The van der Waals surface area contributed by atoms with Gasteiger partial charge in [0.1, 0.15) is 17.1 Å². The number of likely N-dealkylation sites (N-methyl/N-ethyl adjacent to an activating group) is 1. The van der Waals surface area contributed by atoms with Crippen LogP contribution in [0.1, 0.15) is 35.5 Å². The lowest BCUT2D eigenvalue weighted by molar-refractivity contribution is -0.129. The van der Waals surface area contributed by atoms with E-state index in [1.54, 1.807) is 36.2 Å². The lowest BCUT2D eigenvalue weighted by Crippen LogP contribution is -2.37. The minimum absolute atomic E-state index is 0.0697. The fourth-order valence-corrected chi connectivity index (χ4v) is 3.20. The molecule has 1 heterocycles. The first-order chi connectivity index (χ1) is 14.0. The van der Waals surface area contributed by atoms with Crippen LogP contribution < -0.4 is 10.1 Å². The maximum atomic E-state index is 12.5. The average Bonchev–Trinajstić information content (AvgIpc) is 3.10. The molecule has 2 aromatic carbocycles. The molecule has 3 rings (SSSR count). The second-order valence-electron chi connectivity index (χ2n) is 6.74. The lowest BCUT2D eigenvalue weighted by Gasteiger charge is -2.18. The van der Waals surface area contributed by atoms with Crippen molar-refractivity contribution in [1.29, 1.82) is 0 Å². The van der Waals surface area contributed by atoms with Gasteiger partial charge in [0.25, 0.3) is 5.91 Å². The van der Waals surface area contributed by atoms with Gasteiger partial charge in [0.05, 0.1) is 13.2 Å². The molecule has 29 heavy (non-hydrogen) atoms. The van der Waals surface area contributed by atoms with E-state index in [4.69, 9.17) is 9.15 Å². The van der Waals surface area contributed by atoms with Crippen LogP contribution in [-0.4, -0.2) is 36.9 Å². The quantitative estimate of drug-likeness (QED) is 0.631. The van der Waals surface area contributed by atoms with E-state index in [-0.39, 0.29) is 18.4 Å². The largest absolute Gasteiger partial charge is 0.494 e. The Balaban J connectivity index is 1.60. The van der Waals surface area contributed by atoms with E-state index in [1.807, 2.05) is 38.1 Å². The van der Waals surface area contributed by atoms with Gasteiger partial charge in [-0.2, -0.15) is 0 Å². The predicted molar refractivity (Wildman–Crippen MR) is 112 cm³/mol. The zero-order valence-corrected chi connectivity index (χ0v) is 17.0. The monoisotopic (exact) mass is 394 g/mol. The number of nitrogens with zero attached hydrogens (tertiary/aromatic N) is 1. The fourth-order valence-electron chi connectivity index (χ4n) is 3.20. The first-order valence-corrected chi connectivity index (χ1v) is 9.77. The van der Waals surface area contributed by atoms with Crippen LogP contribution in [0.25, 0.3) is 11.0 Å². The van der Waals surface area contributed by atoms with Gasteiger partial charge in [-0.15, -0.1) is 0 Å². The molecule has 1 aromatic heterocycles.